The van der Waals surface area contributed by atoms with E-state index in [1.807, 2.05) is 36.5 Å². The Hall–Kier alpha value is -1.78. The topological polar surface area (TPSA) is 44.9 Å². The van der Waals surface area contributed by atoms with Gasteiger partial charge in [0.15, 0.2) is 0 Å². The van der Waals surface area contributed by atoms with Crippen LogP contribution in [0.4, 0.5) is 0 Å². The van der Waals surface area contributed by atoms with Gasteiger partial charge in [0.1, 0.15) is 0 Å². The molecule has 0 radical (unpaired) electrons. The highest BCUT2D eigenvalue weighted by Gasteiger charge is 2.07. The van der Waals surface area contributed by atoms with Gasteiger partial charge in [-0.15, -0.1) is 0 Å². The number of carbonyl (C=O) groups excluding carboxylic acids is 1. The molecule has 0 aliphatic rings. The van der Waals surface area contributed by atoms with Crippen LogP contribution in [0.3, 0.4) is 0 Å². The molecule has 1 amide bonds. The van der Waals surface area contributed by atoms with Crippen molar-refractivity contribution in [3.63, 3.8) is 0 Å². The maximum atomic E-state index is 12.1. The fraction of sp³-hybridized carbons (Fsp3) is 0.118. The molecule has 2 aromatic carbocycles. The van der Waals surface area contributed by atoms with E-state index in [9.17, 15) is 4.79 Å². The number of aromatic nitrogens is 1. The third kappa shape index (κ3) is 3.34. The van der Waals surface area contributed by atoms with Crippen molar-refractivity contribution in [3.8, 4) is 0 Å². The Bertz CT molecular complexity index is 828. The number of halogens is 2. The molecule has 0 fully saturated rings. The summed E-state index contributed by atoms with van der Waals surface area (Å²) in [6.07, 6.45) is 2.71. The second-order valence-electron chi connectivity index (χ2n) is 5.02. The van der Waals surface area contributed by atoms with Gasteiger partial charge in [0.25, 0.3) is 5.91 Å². The summed E-state index contributed by atoms with van der Waals surface area (Å²) in [6.45, 7) is 0.574. The molecular weight excluding hydrogens is 364 g/mol. The van der Waals surface area contributed by atoms with E-state index >= 15 is 0 Å². The fourth-order valence-corrected chi connectivity index (χ4v) is 2.97. The number of fused-ring (bicyclic) bond motifs is 1. The van der Waals surface area contributed by atoms with E-state index in [1.165, 1.54) is 0 Å². The molecule has 3 aromatic rings. The zero-order chi connectivity index (χ0) is 15.5. The fourth-order valence-electron chi connectivity index (χ4n) is 2.40. The average molecular weight is 378 g/mol. The van der Waals surface area contributed by atoms with Crippen LogP contribution < -0.4 is 5.32 Å². The van der Waals surface area contributed by atoms with E-state index in [1.54, 1.807) is 12.1 Å². The van der Waals surface area contributed by atoms with Crippen LogP contribution in [-0.4, -0.2) is 17.4 Å². The molecule has 0 aliphatic carbocycles. The van der Waals surface area contributed by atoms with Crippen LogP contribution in [0, 0.1) is 0 Å². The Morgan fingerprint density at radius 1 is 1.23 bits per heavy atom. The van der Waals surface area contributed by atoms with Crippen LogP contribution in [0.25, 0.3) is 10.9 Å². The zero-order valence-corrected chi connectivity index (χ0v) is 14.0. The second kappa shape index (κ2) is 6.55. The molecule has 0 spiro atoms. The second-order valence-corrected chi connectivity index (χ2v) is 6.37. The highest BCUT2D eigenvalue weighted by molar-refractivity contribution is 9.10. The molecule has 112 valence electrons. The van der Waals surface area contributed by atoms with Crippen LogP contribution in [0.2, 0.25) is 5.02 Å². The molecule has 2 N–H and O–H groups in total. The average Bonchev–Trinajstić information content (AvgIpc) is 2.89. The SMILES string of the molecule is O=C(NCCc1c[nH]c2ccc(Cl)cc12)c1cccc(Br)c1. The summed E-state index contributed by atoms with van der Waals surface area (Å²) in [4.78, 5) is 15.3. The monoisotopic (exact) mass is 376 g/mol. The number of benzene rings is 2. The number of amides is 1. The van der Waals surface area contributed by atoms with E-state index < -0.39 is 0 Å². The van der Waals surface area contributed by atoms with Crippen molar-refractivity contribution in [1.29, 1.82) is 0 Å². The van der Waals surface area contributed by atoms with Gasteiger partial charge >= 0.3 is 0 Å². The molecular formula is C17H14BrClN2O. The number of H-pyrrole nitrogens is 1. The lowest BCUT2D eigenvalue weighted by Gasteiger charge is -2.05. The predicted molar refractivity (Wildman–Crippen MR) is 93.5 cm³/mol. The summed E-state index contributed by atoms with van der Waals surface area (Å²) in [5, 5.41) is 4.75. The van der Waals surface area contributed by atoms with Gasteiger partial charge in [0.2, 0.25) is 0 Å². The number of hydrogen-bond donors (Lipinski definition) is 2. The first kappa shape index (κ1) is 15.1. The van der Waals surface area contributed by atoms with E-state index in [-0.39, 0.29) is 5.91 Å². The third-order valence-corrected chi connectivity index (χ3v) is 4.22. The number of aromatic amines is 1. The zero-order valence-electron chi connectivity index (χ0n) is 11.7. The molecule has 1 heterocycles. The summed E-state index contributed by atoms with van der Waals surface area (Å²) in [5.74, 6) is -0.0702. The van der Waals surface area contributed by atoms with E-state index in [2.05, 4.69) is 26.2 Å². The summed E-state index contributed by atoms with van der Waals surface area (Å²) in [7, 11) is 0. The summed E-state index contributed by atoms with van der Waals surface area (Å²) < 4.78 is 0.895. The van der Waals surface area contributed by atoms with Gasteiger partial charge in [0.05, 0.1) is 0 Å². The maximum absolute atomic E-state index is 12.1. The number of rotatable bonds is 4. The van der Waals surface area contributed by atoms with Crippen LogP contribution in [-0.2, 0) is 6.42 Å². The van der Waals surface area contributed by atoms with Crippen molar-refractivity contribution >= 4 is 44.3 Å². The van der Waals surface area contributed by atoms with Crippen molar-refractivity contribution in [2.45, 2.75) is 6.42 Å². The molecule has 1 aromatic heterocycles. The van der Waals surface area contributed by atoms with Crippen molar-refractivity contribution < 1.29 is 4.79 Å². The number of carbonyl (C=O) groups is 1. The quantitative estimate of drug-likeness (QED) is 0.688. The minimum absolute atomic E-state index is 0.0702. The Labute approximate surface area is 141 Å². The van der Waals surface area contributed by atoms with Crippen LogP contribution >= 0.6 is 27.5 Å². The molecule has 0 saturated carbocycles. The van der Waals surface area contributed by atoms with Gasteiger partial charge in [-0.25, -0.2) is 0 Å². The Kier molecular flexibility index (Phi) is 4.50. The third-order valence-electron chi connectivity index (χ3n) is 3.50. The molecule has 0 bridgehead atoms. The highest BCUT2D eigenvalue weighted by atomic mass is 79.9. The first-order valence-electron chi connectivity index (χ1n) is 6.93. The van der Waals surface area contributed by atoms with Gasteiger partial charge < -0.3 is 10.3 Å². The van der Waals surface area contributed by atoms with Crippen LogP contribution in [0.15, 0.2) is 53.1 Å². The Balaban J connectivity index is 1.65. The lowest BCUT2D eigenvalue weighted by Crippen LogP contribution is -2.25. The van der Waals surface area contributed by atoms with Crippen LogP contribution in [0.5, 0.6) is 0 Å². The van der Waals surface area contributed by atoms with E-state index in [0.29, 0.717) is 17.1 Å². The largest absolute Gasteiger partial charge is 0.361 e. The van der Waals surface area contributed by atoms with Crippen molar-refractivity contribution in [2.75, 3.05) is 6.54 Å². The van der Waals surface area contributed by atoms with E-state index in [0.717, 1.165) is 27.4 Å². The lowest BCUT2D eigenvalue weighted by molar-refractivity contribution is 0.0954. The highest BCUT2D eigenvalue weighted by Crippen LogP contribution is 2.22. The molecule has 3 rings (SSSR count). The van der Waals surface area contributed by atoms with Gasteiger partial charge in [-0.3, -0.25) is 4.79 Å². The molecule has 3 nitrogen and oxygen atoms in total. The van der Waals surface area contributed by atoms with Crippen LogP contribution in [0.1, 0.15) is 15.9 Å². The van der Waals surface area contributed by atoms with Gasteiger partial charge in [-0.1, -0.05) is 33.6 Å². The molecule has 22 heavy (non-hydrogen) atoms. The summed E-state index contributed by atoms with van der Waals surface area (Å²) in [6, 6.07) is 13.1. The van der Waals surface area contributed by atoms with Crippen molar-refractivity contribution in [1.82, 2.24) is 10.3 Å². The minimum Gasteiger partial charge on any atom is -0.361 e. The number of nitrogens with one attached hydrogen (secondary N) is 2. The lowest BCUT2D eigenvalue weighted by atomic mass is 10.1. The standard InChI is InChI=1S/C17H14BrClN2O/c18-13-3-1-2-11(8-13)17(22)20-7-6-12-10-21-16-5-4-14(19)9-15(12)16/h1-5,8-10,21H,6-7H2,(H,20,22). The first-order valence-corrected chi connectivity index (χ1v) is 8.10. The minimum atomic E-state index is -0.0702. The van der Waals surface area contributed by atoms with Gasteiger partial charge in [-0.2, -0.15) is 0 Å². The maximum Gasteiger partial charge on any atom is 0.251 e. The Morgan fingerprint density at radius 2 is 2.09 bits per heavy atom. The first-order chi connectivity index (χ1) is 10.6. The van der Waals surface area contributed by atoms with Gasteiger partial charge in [-0.05, 0) is 48.4 Å². The normalized spacial score (nSPS) is 10.8. The number of hydrogen-bond acceptors (Lipinski definition) is 1. The molecule has 0 saturated heterocycles. The molecule has 5 heteroatoms. The molecule has 0 aliphatic heterocycles. The predicted octanol–water partition coefficient (Wildman–Crippen LogP) is 4.56. The van der Waals surface area contributed by atoms with Crippen molar-refractivity contribution in [3.05, 3.63) is 69.3 Å². The van der Waals surface area contributed by atoms with Crippen molar-refractivity contribution in [2.24, 2.45) is 0 Å². The van der Waals surface area contributed by atoms with E-state index in [4.69, 9.17) is 11.6 Å². The molecule has 0 atom stereocenters. The van der Waals surface area contributed by atoms with Gasteiger partial charge in [0, 0.05) is 38.7 Å². The summed E-state index contributed by atoms with van der Waals surface area (Å²) in [5.41, 5.74) is 2.85. The smallest absolute Gasteiger partial charge is 0.251 e. The molecule has 0 unspecified atom stereocenters. The summed E-state index contributed by atoms with van der Waals surface area (Å²) >= 11 is 9.41. The Morgan fingerprint density at radius 3 is 2.91 bits per heavy atom.